The van der Waals surface area contributed by atoms with Crippen LogP contribution in [0.2, 0.25) is 0 Å². The summed E-state index contributed by atoms with van der Waals surface area (Å²) in [6.07, 6.45) is 2.93. The van der Waals surface area contributed by atoms with Gasteiger partial charge in [0.15, 0.2) is 0 Å². The first-order valence-corrected chi connectivity index (χ1v) is 9.71. The fourth-order valence-electron chi connectivity index (χ4n) is 4.68. The zero-order valence-electron chi connectivity index (χ0n) is 15.2. The lowest BCUT2D eigenvalue weighted by Gasteiger charge is -2.43. The predicted octanol–water partition coefficient (Wildman–Crippen LogP) is 0.371. The van der Waals surface area contributed by atoms with Gasteiger partial charge >= 0.3 is 0 Å². The van der Waals surface area contributed by atoms with Crippen LogP contribution in [0.3, 0.4) is 0 Å². The zero-order valence-corrected chi connectivity index (χ0v) is 15.2. The van der Waals surface area contributed by atoms with E-state index in [0.29, 0.717) is 18.9 Å². The smallest absolute Gasteiger partial charge is 0.255 e. The Morgan fingerprint density at radius 1 is 1.19 bits per heavy atom. The van der Waals surface area contributed by atoms with E-state index in [1.54, 1.807) is 4.90 Å². The van der Waals surface area contributed by atoms with Crippen LogP contribution < -0.4 is 11.1 Å². The molecule has 0 radical (unpaired) electrons. The fraction of sp³-hybridized carbons (Fsp3) is 0.550. The summed E-state index contributed by atoms with van der Waals surface area (Å²) in [5, 5.41) is 2.35. The van der Waals surface area contributed by atoms with Crippen molar-refractivity contribution in [2.75, 3.05) is 13.1 Å². The maximum absolute atomic E-state index is 13.1. The summed E-state index contributed by atoms with van der Waals surface area (Å²) in [6.45, 7) is 3.16. The highest BCUT2D eigenvalue weighted by atomic mass is 16.2. The van der Waals surface area contributed by atoms with E-state index >= 15 is 0 Å². The zero-order chi connectivity index (χ0) is 18.8. The number of rotatable bonds is 4. The number of fused-ring (bicyclic) bond motifs is 1. The second-order valence-electron chi connectivity index (χ2n) is 8.48. The number of piperidine rings is 1. The molecule has 1 aromatic carbocycles. The van der Waals surface area contributed by atoms with E-state index < -0.39 is 6.04 Å². The minimum absolute atomic E-state index is 0.0630. The van der Waals surface area contributed by atoms with Gasteiger partial charge in [-0.2, -0.15) is 0 Å². The third kappa shape index (κ3) is 2.76. The molecule has 5 rings (SSSR count). The molecule has 7 nitrogen and oxygen atoms in total. The summed E-state index contributed by atoms with van der Waals surface area (Å²) in [4.78, 5) is 40.6. The first kappa shape index (κ1) is 16.9. The van der Waals surface area contributed by atoms with Crippen LogP contribution in [0.4, 0.5) is 0 Å². The van der Waals surface area contributed by atoms with Gasteiger partial charge in [-0.05, 0) is 30.4 Å². The van der Waals surface area contributed by atoms with Crippen molar-refractivity contribution in [3.8, 4) is 0 Å². The van der Waals surface area contributed by atoms with E-state index in [2.05, 4.69) is 10.2 Å². The van der Waals surface area contributed by atoms with Crippen LogP contribution in [0.25, 0.3) is 0 Å². The summed E-state index contributed by atoms with van der Waals surface area (Å²) in [5.74, 6) is -0.145. The Bertz CT molecular complexity index is 842. The molecule has 1 atom stereocenters. The largest absolute Gasteiger partial charge is 0.325 e. The predicted molar refractivity (Wildman–Crippen MR) is 97.4 cm³/mol. The molecule has 142 valence electrons. The van der Waals surface area contributed by atoms with Gasteiger partial charge in [0.2, 0.25) is 11.8 Å². The van der Waals surface area contributed by atoms with Crippen LogP contribution >= 0.6 is 0 Å². The summed E-state index contributed by atoms with van der Waals surface area (Å²) >= 11 is 0. The molecular weight excluding hydrogens is 344 g/mol. The minimum Gasteiger partial charge on any atom is -0.325 e. The molecule has 3 amide bonds. The first-order chi connectivity index (χ1) is 12.9. The maximum atomic E-state index is 13.1. The number of nitrogens with one attached hydrogen (secondary N) is 1. The van der Waals surface area contributed by atoms with E-state index in [4.69, 9.17) is 5.73 Å². The fourth-order valence-corrected chi connectivity index (χ4v) is 4.68. The number of nitrogens with zero attached hydrogens (tertiary/aromatic N) is 2. The van der Waals surface area contributed by atoms with E-state index in [1.165, 1.54) is 0 Å². The summed E-state index contributed by atoms with van der Waals surface area (Å²) < 4.78 is 0. The molecule has 0 spiro atoms. The summed E-state index contributed by atoms with van der Waals surface area (Å²) in [7, 11) is 0. The van der Waals surface area contributed by atoms with Crippen molar-refractivity contribution >= 4 is 17.7 Å². The number of benzene rings is 1. The Morgan fingerprint density at radius 2 is 1.96 bits per heavy atom. The van der Waals surface area contributed by atoms with Gasteiger partial charge in [-0.15, -0.1) is 0 Å². The Balaban J connectivity index is 1.31. The molecule has 3 fully saturated rings. The van der Waals surface area contributed by atoms with Gasteiger partial charge in [0.05, 0.1) is 0 Å². The summed E-state index contributed by atoms with van der Waals surface area (Å²) in [6, 6.07) is 5.39. The lowest BCUT2D eigenvalue weighted by atomic mass is 9.89. The van der Waals surface area contributed by atoms with Crippen molar-refractivity contribution in [1.82, 2.24) is 15.1 Å². The highest BCUT2D eigenvalue weighted by Gasteiger charge is 2.50. The average Bonchev–Trinajstić information content (AvgIpc) is 3.24. The number of imide groups is 1. The van der Waals surface area contributed by atoms with E-state index in [-0.39, 0.29) is 29.7 Å². The molecule has 27 heavy (non-hydrogen) atoms. The van der Waals surface area contributed by atoms with Crippen molar-refractivity contribution in [3.63, 3.8) is 0 Å². The molecule has 7 heteroatoms. The van der Waals surface area contributed by atoms with E-state index in [9.17, 15) is 14.4 Å². The van der Waals surface area contributed by atoms with E-state index in [0.717, 1.165) is 49.2 Å². The van der Waals surface area contributed by atoms with E-state index in [1.807, 2.05) is 18.2 Å². The topological polar surface area (TPSA) is 95.7 Å². The summed E-state index contributed by atoms with van der Waals surface area (Å²) in [5.41, 5.74) is 9.08. The molecule has 3 aliphatic heterocycles. The molecule has 0 bridgehead atoms. The normalized spacial score (nSPS) is 27.4. The quantitative estimate of drug-likeness (QED) is 0.749. The van der Waals surface area contributed by atoms with Gasteiger partial charge in [0.25, 0.3) is 5.91 Å². The molecule has 0 aromatic heterocycles. The number of hydrogen-bond acceptors (Lipinski definition) is 5. The van der Waals surface area contributed by atoms with Gasteiger partial charge in [-0.1, -0.05) is 18.2 Å². The Hall–Kier alpha value is -2.25. The highest BCUT2D eigenvalue weighted by Crippen LogP contribution is 2.44. The Morgan fingerprint density at radius 3 is 2.67 bits per heavy atom. The second-order valence-corrected chi connectivity index (χ2v) is 8.48. The molecule has 3 heterocycles. The number of likely N-dealkylation sites (tertiary alicyclic amines) is 1. The van der Waals surface area contributed by atoms with Gasteiger partial charge < -0.3 is 10.6 Å². The third-order valence-corrected chi connectivity index (χ3v) is 6.63. The molecule has 3 N–H and O–H groups in total. The van der Waals surface area contributed by atoms with Crippen LogP contribution in [0, 0.1) is 5.92 Å². The SMILES string of the molecule is NC1(C2CN(Cc3cccc4c3C(=O)N(C3CCC(=O)NC3=O)C4)C2)CC1. The molecule has 1 saturated carbocycles. The minimum atomic E-state index is -0.559. The van der Waals surface area contributed by atoms with Crippen LogP contribution in [-0.2, 0) is 22.7 Å². The van der Waals surface area contributed by atoms with Gasteiger partial charge in [-0.3, -0.25) is 24.6 Å². The van der Waals surface area contributed by atoms with Crippen molar-refractivity contribution < 1.29 is 14.4 Å². The van der Waals surface area contributed by atoms with Crippen LogP contribution in [-0.4, -0.2) is 52.2 Å². The van der Waals surface area contributed by atoms with Crippen molar-refractivity contribution in [3.05, 3.63) is 34.9 Å². The maximum Gasteiger partial charge on any atom is 0.255 e. The molecule has 4 aliphatic rings. The van der Waals surface area contributed by atoms with Gasteiger partial charge in [0, 0.05) is 49.6 Å². The lowest BCUT2D eigenvalue weighted by molar-refractivity contribution is -0.136. The van der Waals surface area contributed by atoms with Crippen molar-refractivity contribution in [2.24, 2.45) is 11.7 Å². The lowest BCUT2D eigenvalue weighted by Crippen LogP contribution is -2.55. The molecule has 1 unspecified atom stereocenters. The number of amides is 3. The second kappa shape index (κ2) is 5.87. The number of carbonyl (C=O) groups excluding carboxylic acids is 3. The Kier molecular flexibility index (Phi) is 3.67. The molecule has 2 saturated heterocycles. The average molecular weight is 368 g/mol. The van der Waals surface area contributed by atoms with Gasteiger partial charge in [-0.25, -0.2) is 0 Å². The third-order valence-electron chi connectivity index (χ3n) is 6.63. The number of nitrogens with two attached hydrogens (primary N) is 1. The van der Waals surface area contributed by atoms with Crippen molar-refractivity contribution in [2.45, 2.75) is 50.4 Å². The Labute approximate surface area is 157 Å². The molecule has 1 aliphatic carbocycles. The standard InChI is InChI=1S/C20H24N4O3/c21-20(6-7-20)14-10-23(11-14)8-12-2-1-3-13-9-24(19(27)17(12)13)15-4-5-16(25)22-18(15)26/h1-3,14-15H,4-11,21H2,(H,22,25,26). The molecular formula is C20H24N4O3. The van der Waals surface area contributed by atoms with Crippen LogP contribution in [0.5, 0.6) is 0 Å². The first-order valence-electron chi connectivity index (χ1n) is 9.71. The van der Waals surface area contributed by atoms with Crippen molar-refractivity contribution in [1.29, 1.82) is 0 Å². The monoisotopic (exact) mass is 368 g/mol. The molecule has 1 aromatic rings. The van der Waals surface area contributed by atoms with Crippen LogP contribution in [0.15, 0.2) is 18.2 Å². The number of carbonyl (C=O) groups is 3. The van der Waals surface area contributed by atoms with Crippen LogP contribution in [0.1, 0.15) is 47.2 Å². The number of hydrogen-bond donors (Lipinski definition) is 2. The highest BCUT2D eigenvalue weighted by molar-refractivity contribution is 6.05. The van der Waals surface area contributed by atoms with Gasteiger partial charge in [0.1, 0.15) is 6.04 Å².